The number of fused-ring (bicyclic) bond motifs is 1. The van der Waals surface area contributed by atoms with E-state index in [0.29, 0.717) is 11.6 Å². The van der Waals surface area contributed by atoms with Gasteiger partial charge in [-0.3, -0.25) is 4.72 Å². The van der Waals surface area contributed by atoms with Crippen LogP contribution in [0.5, 0.6) is 5.88 Å². The minimum atomic E-state index is -3.77. The Morgan fingerprint density at radius 3 is 2.65 bits per heavy atom. The molecule has 1 fully saturated rings. The number of pyridine rings is 1. The van der Waals surface area contributed by atoms with Crippen molar-refractivity contribution >= 4 is 15.7 Å². The lowest BCUT2D eigenvalue weighted by atomic mass is 10.0. The maximum atomic E-state index is 13.1. The minimum absolute atomic E-state index is 0.0509. The third-order valence-corrected chi connectivity index (χ3v) is 7.53. The van der Waals surface area contributed by atoms with Crippen molar-refractivity contribution in [2.45, 2.75) is 50.0 Å². The first-order chi connectivity index (χ1) is 15.0. The normalized spacial score (nSPS) is 20.0. The van der Waals surface area contributed by atoms with Gasteiger partial charge in [-0.2, -0.15) is 0 Å². The van der Waals surface area contributed by atoms with Gasteiger partial charge in [-0.05, 0) is 61.6 Å². The highest BCUT2D eigenvalue weighted by Gasteiger charge is 2.22. The average Bonchev–Trinajstić information content (AvgIpc) is 3.00. The maximum Gasteiger partial charge on any atom is 0.262 e. The van der Waals surface area contributed by atoms with Gasteiger partial charge in [-0.25, -0.2) is 13.4 Å². The lowest BCUT2D eigenvalue weighted by Crippen LogP contribution is -2.25. The number of hydrogen-bond acceptors (Lipinski definition) is 6. The quantitative estimate of drug-likeness (QED) is 0.732. The molecule has 1 N–H and O–H groups in total. The Labute approximate surface area is 184 Å². The predicted octanol–water partition coefficient (Wildman–Crippen LogP) is 3.55. The van der Waals surface area contributed by atoms with Crippen LogP contribution in [-0.4, -0.2) is 51.7 Å². The second-order valence-electron chi connectivity index (χ2n) is 8.12. The van der Waals surface area contributed by atoms with E-state index in [9.17, 15) is 8.42 Å². The van der Waals surface area contributed by atoms with Crippen molar-refractivity contribution in [3.63, 3.8) is 0 Å². The van der Waals surface area contributed by atoms with Gasteiger partial charge in [0.05, 0.1) is 18.1 Å². The number of nitrogens with zero attached hydrogens (tertiary/aromatic N) is 2. The van der Waals surface area contributed by atoms with E-state index in [1.54, 1.807) is 12.1 Å². The summed E-state index contributed by atoms with van der Waals surface area (Å²) in [6.07, 6.45) is 4.91. The zero-order valence-corrected chi connectivity index (χ0v) is 19.1. The number of hydrogen-bond donors (Lipinski definition) is 1. The Morgan fingerprint density at radius 2 is 1.97 bits per heavy atom. The van der Waals surface area contributed by atoms with Crippen molar-refractivity contribution in [2.24, 2.45) is 0 Å². The number of sulfonamides is 1. The third-order valence-electron chi connectivity index (χ3n) is 6.15. The largest absolute Gasteiger partial charge is 0.479 e. The molecule has 1 aromatic heterocycles. The van der Waals surface area contributed by atoms with Crippen LogP contribution in [0.2, 0.25) is 0 Å². The number of ether oxygens (including phenoxy) is 2. The van der Waals surface area contributed by atoms with E-state index in [-0.39, 0.29) is 11.0 Å². The summed E-state index contributed by atoms with van der Waals surface area (Å²) in [5.41, 5.74) is 3.45. The number of benzene rings is 1. The molecule has 1 saturated heterocycles. The summed E-state index contributed by atoms with van der Waals surface area (Å²) in [7, 11) is -2.25. The zero-order chi connectivity index (χ0) is 21.8. The molecule has 2 aliphatic rings. The van der Waals surface area contributed by atoms with Gasteiger partial charge in [0.1, 0.15) is 5.69 Å². The van der Waals surface area contributed by atoms with Crippen LogP contribution >= 0.6 is 0 Å². The van der Waals surface area contributed by atoms with E-state index in [0.717, 1.165) is 75.2 Å². The molecule has 31 heavy (non-hydrogen) atoms. The third kappa shape index (κ3) is 5.02. The maximum absolute atomic E-state index is 13.1. The Morgan fingerprint density at radius 1 is 1.19 bits per heavy atom. The topological polar surface area (TPSA) is 80.8 Å². The van der Waals surface area contributed by atoms with Crippen LogP contribution in [0.25, 0.3) is 0 Å². The van der Waals surface area contributed by atoms with Crippen molar-refractivity contribution in [1.29, 1.82) is 0 Å². The molecular formula is C23H31N3O4S. The summed E-state index contributed by atoms with van der Waals surface area (Å²) in [6, 6.07) is 8.84. The SMILES string of the molecule is CCN1CCc2cc(NS(=O)(=O)c3ccc(C4CCCCO4)cc3)c(OC)nc2CC1. The number of aromatic nitrogens is 1. The smallest absolute Gasteiger partial charge is 0.262 e. The van der Waals surface area contributed by atoms with E-state index >= 15 is 0 Å². The van der Waals surface area contributed by atoms with E-state index in [2.05, 4.69) is 21.5 Å². The van der Waals surface area contributed by atoms with Gasteiger partial charge in [-0.1, -0.05) is 19.1 Å². The first-order valence-electron chi connectivity index (χ1n) is 11.0. The number of likely N-dealkylation sites (N-methyl/N-ethyl adjacent to an activating group) is 1. The Kier molecular flexibility index (Phi) is 6.79. The molecule has 2 aliphatic heterocycles. The first-order valence-corrected chi connectivity index (χ1v) is 12.5. The summed E-state index contributed by atoms with van der Waals surface area (Å²) >= 11 is 0. The number of rotatable bonds is 6. The fourth-order valence-corrected chi connectivity index (χ4v) is 5.32. The van der Waals surface area contributed by atoms with Crippen molar-refractivity contribution in [2.75, 3.05) is 38.1 Å². The molecule has 3 heterocycles. The molecule has 1 atom stereocenters. The van der Waals surface area contributed by atoms with Crippen LogP contribution in [0, 0.1) is 0 Å². The standard InChI is InChI=1S/C23H31N3O4S/c1-3-26-13-11-18-16-21(23(29-2)24-20(18)12-14-26)25-31(27,28)19-9-7-17(8-10-19)22-6-4-5-15-30-22/h7-10,16,22,25H,3-6,11-15H2,1-2H3. The van der Waals surface area contributed by atoms with Gasteiger partial charge in [-0.15, -0.1) is 0 Å². The van der Waals surface area contributed by atoms with E-state index in [4.69, 9.17) is 9.47 Å². The molecular weight excluding hydrogens is 414 g/mol. The average molecular weight is 446 g/mol. The van der Waals surface area contributed by atoms with Gasteiger partial charge < -0.3 is 14.4 Å². The summed E-state index contributed by atoms with van der Waals surface area (Å²) in [4.78, 5) is 7.20. The molecule has 168 valence electrons. The van der Waals surface area contributed by atoms with Gasteiger partial charge in [0.15, 0.2) is 0 Å². The molecule has 0 aliphatic carbocycles. The lowest BCUT2D eigenvalue weighted by molar-refractivity contribution is 0.0149. The molecule has 4 rings (SSSR count). The van der Waals surface area contributed by atoms with Gasteiger partial charge in [0, 0.05) is 31.8 Å². The monoisotopic (exact) mass is 445 g/mol. The minimum Gasteiger partial charge on any atom is -0.479 e. The molecule has 0 spiro atoms. The van der Waals surface area contributed by atoms with Crippen LogP contribution < -0.4 is 9.46 Å². The fraction of sp³-hybridized carbons (Fsp3) is 0.522. The highest BCUT2D eigenvalue weighted by Crippen LogP contribution is 2.31. The first kappa shape index (κ1) is 22.0. The van der Waals surface area contributed by atoms with Gasteiger partial charge in [0.2, 0.25) is 5.88 Å². The molecule has 2 aromatic rings. The van der Waals surface area contributed by atoms with E-state index in [1.165, 1.54) is 7.11 Å². The fourth-order valence-electron chi connectivity index (χ4n) is 4.28. The van der Waals surface area contributed by atoms with Crippen LogP contribution in [0.3, 0.4) is 0 Å². The Hall–Kier alpha value is -2.16. The second-order valence-corrected chi connectivity index (χ2v) is 9.80. The molecule has 0 amide bonds. The highest BCUT2D eigenvalue weighted by atomic mass is 32.2. The van der Waals surface area contributed by atoms with Crippen molar-refractivity contribution in [3.05, 3.63) is 47.2 Å². The summed E-state index contributed by atoms with van der Waals surface area (Å²) in [5, 5.41) is 0. The molecule has 0 saturated carbocycles. The van der Waals surface area contributed by atoms with Crippen LogP contribution in [0.1, 0.15) is 49.1 Å². The number of anilines is 1. The van der Waals surface area contributed by atoms with Crippen LogP contribution in [0.4, 0.5) is 5.69 Å². The predicted molar refractivity (Wildman–Crippen MR) is 120 cm³/mol. The molecule has 8 heteroatoms. The van der Waals surface area contributed by atoms with Crippen molar-refractivity contribution < 1.29 is 17.9 Å². The van der Waals surface area contributed by atoms with E-state index in [1.807, 2.05) is 18.2 Å². The second kappa shape index (κ2) is 9.54. The highest BCUT2D eigenvalue weighted by molar-refractivity contribution is 7.92. The van der Waals surface area contributed by atoms with Crippen LogP contribution in [-0.2, 0) is 27.6 Å². The summed E-state index contributed by atoms with van der Waals surface area (Å²) < 4.78 is 40.0. The van der Waals surface area contributed by atoms with Gasteiger partial charge >= 0.3 is 0 Å². The van der Waals surface area contributed by atoms with Gasteiger partial charge in [0.25, 0.3) is 10.0 Å². The van der Waals surface area contributed by atoms with Crippen LogP contribution in [0.15, 0.2) is 35.2 Å². The Bertz CT molecular complexity index is 1000. The molecule has 7 nitrogen and oxygen atoms in total. The number of methoxy groups -OCH3 is 1. The molecule has 0 bridgehead atoms. The van der Waals surface area contributed by atoms with Crippen molar-refractivity contribution in [1.82, 2.24) is 9.88 Å². The lowest BCUT2D eigenvalue weighted by Gasteiger charge is -2.23. The summed E-state index contributed by atoms with van der Waals surface area (Å²) in [6.45, 7) is 5.78. The molecule has 1 aromatic carbocycles. The Balaban J connectivity index is 1.55. The van der Waals surface area contributed by atoms with Crippen molar-refractivity contribution in [3.8, 4) is 5.88 Å². The number of nitrogens with one attached hydrogen (secondary N) is 1. The van der Waals surface area contributed by atoms with E-state index < -0.39 is 10.0 Å². The zero-order valence-electron chi connectivity index (χ0n) is 18.3. The summed E-state index contributed by atoms with van der Waals surface area (Å²) in [5.74, 6) is 0.305. The molecule has 0 radical (unpaired) electrons. The molecule has 1 unspecified atom stereocenters.